The maximum absolute atomic E-state index is 12.5. The number of aromatic nitrogens is 2. The minimum Gasteiger partial charge on any atom is -0.494 e. The summed E-state index contributed by atoms with van der Waals surface area (Å²) in [5.41, 5.74) is 3.17. The second-order valence-corrected chi connectivity index (χ2v) is 6.44. The minimum atomic E-state index is -0.691. The molecule has 27 heavy (non-hydrogen) atoms. The zero-order valence-electron chi connectivity index (χ0n) is 14.9. The van der Waals surface area contributed by atoms with Crippen LogP contribution >= 0.6 is 0 Å². The third kappa shape index (κ3) is 2.71. The van der Waals surface area contributed by atoms with Crippen LogP contribution in [0.25, 0.3) is 16.8 Å². The SMILES string of the molecule is CC(=C1C=Nc2ccccc21)c1c(O)n(-c2ccc(C)cc2)c(=O)[nH]c1=O. The van der Waals surface area contributed by atoms with Crippen LogP contribution in [0.3, 0.4) is 0 Å². The van der Waals surface area contributed by atoms with E-state index in [0.717, 1.165) is 27.0 Å². The van der Waals surface area contributed by atoms with E-state index in [0.29, 0.717) is 11.3 Å². The number of nitrogens with one attached hydrogen (secondary N) is 1. The van der Waals surface area contributed by atoms with Crippen molar-refractivity contribution in [2.45, 2.75) is 13.8 Å². The summed E-state index contributed by atoms with van der Waals surface area (Å²) in [4.78, 5) is 31.5. The molecule has 0 radical (unpaired) electrons. The molecular weight excluding hydrogens is 342 g/mol. The molecule has 0 amide bonds. The number of hydrogen-bond donors (Lipinski definition) is 2. The summed E-state index contributed by atoms with van der Waals surface area (Å²) < 4.78 is 1.10. The first-order valence-electron chi connectivity index (χ1n) is 8.47. The van der Waals surface area contributed by atoms with Crippen LogP contribution < -0.4 is 11.2 Å². The molecule has 1 aliphatic rings. The van der Waals surface area contributed by atoms with E-state index >= 15 is 0 Å². The topological polar surface area (TPSA) is 87.4 Å². The number of aromatic amines is 1. The van der Waals surface area contributed by atoms with Crippen molar-refractivity contribution in [1.29, 1.82) is 0 Å². The Balaban J connectivity index is 1.98. The van der Waals surface area contributed by atoms with Gasteiger partial charge in [0.15, 0.2) is 0 Å². The zero-order chi connectivity index (χ0) is 19.1. The average molecular weight is 359 g/mol. The van der Waals surface area contributed by atoms with Gasteiger partial charge in [0.2, 0.25) is 5.88 Å². The number of fused-ring (bicyclic) bond motifs is 1. The van der Waals surface area contributed by atoms with Crippen LogP contribution in [0.2, 0.25) is 0 Å². The van der Waals surface area contributed by atoms with Gasteiger partial charge in [-0.15, -0.1) is 0 Å². The molecule has 2 aromatic carbocycles. The molecule has 0 spiro atoms. The third-order valence-corrected chi connectivity index (χ3v) is 4.68. The summed E-state index contributed by atoms with van der Waals surface area (Å²) in [6, 6.07) is 14.6. The Labute approximate surface area is 154 Å². The molecule has 4 rings (SSSR count). The predicted molar refractivity (Wildman–Crippen MR) is 106 cm³/mol. The van der Waals surface area contributed by atoms with Crippen LogP contribution in [-0.4, -0.2) is 20.9 Å². The van der Waals surface area contributed by atoms with Crippen molar-refractivity contribution in [1.82, 2.24) is 9.55 Å². The number of nitrogens with zero attached hydrogens (tertiary/aromatic N) is 2. The maximum atomic E-state index is 12.5. The third-order valence-electron chi connectivity index (χ3n) is 4.68. The number of aliphatic imine (C=N–C) groups is 1. The molecule has 134 valence electrons. The first kappa shape index (κ1) is 16.8. The standard InChI is InChI=1S/C21H17N3O3/c1-12-7-9-14(10-8-12)24-20(26)18(19(25)23-21(24)27)13(2)16-11-22-17-6-4-3-5-15(16)17/h3-11,26H,1-2H3,(H,23,25,27). The average Bonchev–Trinajstić information content (AvgIpc) is 3.07. The van der Waals surface area contributed by atoms with Gasteiger partial charge in [-0.2, -0.15) is 0 Å². The molecule has 3 aromatic rings. The number of aromatic hydroxyl groups is 1. The molecule has 0 unspecified atom stereocenters. The Morgan fingerprint density at radius 1 is 1.07 bits per heavy atom. The minimum absolute atomic E-state index is 0.0494. The highest BCUT2D eigenvalue weighted by atomic mass is 16.3. The lowest BCUT2D eigenvalue weighted by Gasteiger charge is -2.13. The van der Waals surface area contributed by atoms with Crippen molar-refractivity contribution < 1.29 is 5.11 Å². The van der Waals surface area contributed by atoms with Gasteiger partial charge < -0.3 is 5.11 Å². The molecule has 0 bridgehead atoms. The first-order chi connectivity index (χ1) is 13.0. The second-order valence-electron chi connectivity index (χ2n) is 6.44. The smallest absolute Gasteiger partial charge is 0.335 e. The lowest BCUT2D eigenvalue weighted by Crippen LogP contribution is -2.31. The highest BCUT2D eigenvalue weighted by molar-refractivity contribution is 6.24. The van der Waals surface area contributed by atoms with Crippen LogP contribution in [-0.2, 0) is 0 Å². The van der Waals surface area contributed by atoms with Crippen molar-refractivity contribution in [2.24, 2.45) is 4.99 Å². The molecule has 2 heterocycles. The molecular formula is C21H17N3O3. The van der Waals surface area contributed by atoms with Crippen LogP contribution in [0.5, 0.6) is 5.88 Å². The second kappa shape index (κ2) is 6.25. The van der Waals surface area contributed by atoms with Gasteiger partial charge >= 0.3 is 5.69 Å². The summed E-state index contributed by atoms with van der Waals surface area (Å²) in [5.74, 6) is -0.393. The van der Waals surface area contributed by atoms with Gasteiger partial charge in [-0.25, -0.2) is 9.36 Å². The van der Waals surface area contributed by atoms with Crippen molar-refractivity contribution >= 4 is 23.0 Å². The molecule has 6 heteroatoms. The van der Waals surface area contributed by atoms with Gasteiger partial charge in [0, 0.05) is 17.4 Å². The maximum Gasteiger partial charge on any atom is 0.335 e. The fourth-order valence-electron chi connectivity index (χ4n) is 3.25. The van der Waals surface area contributed by atoms with E-state index in [-0.39, 0.29) is 5.56 Å². The van der Waals surface area contributed by atoms with Gasteiger partial charge in [-0.05, 0) is 37.6 Å². The Morgan fingerprint density at radius 2 is 1.78 bits per heavy atom. The number of hydrogen-bond acceptors (Lipinski definition) is 4. The van der Waals surface area contributed by atoms with Gasteiger partial charge in [0.25, 0.3) is 5.56 Å². The van der Waals surface area contributed by atoms with Crippen molar-refractivity contribution in [3.05, 3.63) is 86.1 Å². The molecule has 1 aromatic heterocycles. The van der Waals surface area contributed by atoms with Crippen molar-refractivity contribution in [3.63, 3.8) is 0 Å². The van der Waals surface area contributed by atoms with E-state index in [1.165, 1.54) is 0 Å². The lowest BCUT2D eigenvalue weighted by atomic mass is 9.98. The quantitative estimate of drug-likeness (QED) is 0.737. The molecule has 0 saturated carbocycles. The molecule has 2 N–H and O–H groups in total. The number of allylic oxidation sites excluding steroid dienone is 2. The van der Waals surface area contributed by atoms with Crippen LogP contribution in [0, 0.1) is 6.92 Å². The zero-order valence-corrected chi connectivity index (χ0v) is 14.9. The molecule has 6 nitrogen and oxygen atoms in total. The van der Waals surface area contributed by atoms with Crippen LogP contribution in [0.4, 0.5) is 5.69 Å². The van der Waals surface area contributed by atoms with Gasteiger partial charge in [-0.1, -0.05) is 35.9 Å². The van der Waals surface area contributed by atoms with Crippen molar-refractivity contribution in [3.8, 4) is 11.6 Å². The molecule has 0 fully saturated rings. The van der Waals surface area contributed by atoms with E-state index in [1.807, 2.05) is 43.3 Å². The summed E-state index contributed by atoms with van der Waals surface area (Å²) in [5, 5.41) is 10.8. The Morgan fingerprint density at radius 3 is 2.52 bits per heavy atom. The Bertz CT molecular complexity index is 1230. The van der Waals surface area contributed by atoms with Gasteiger partial charge in [0.05, 0.1) is 11.4 Å². The van der Waals surface area contributed by atoms with Crippen molar-refractivity contribution in [2.75, 3.05) is 0 Å². The van der Waals surface area contributed by atoms with Gasteiger partial charge in [0.1, 0.15) is 5.56 Å². The molecule has 1 aliphatic heterocycles. The van der Waals surface area contributed by atoms with E-state index in [9.17, 15) is 14.7 Å². The van der Waals surface area contributed by atoms with Crippen LogP contribution in [0.15, 0.2) is 63.1 Å². The fourth-order valence-corrected chi connectivity index (χ4v) is 3.25. The lowest BCUT2D eigenvalue weighted by molar-refractivity contribution is 0.429. The van der Waals surface area contributed by atoms with E-state index in [1.54, 1.807) is 25.3 Å². The summed E-state index contributed by atoms with van der Waals surface area (Å²) in [7, 11) is 0. The highest BCUT2D eigenvalue weighted by Crippen LogP contribution is 2.36. The first-order valence-corrected chi connectivity index (χ1v) is 8.47. The number of aryl methyl sites for hydroxylation is 1. The normalized spacial score (nSPS) is 14.3. The van der Waals surface area contributed by atoms with E-state index < -0.39 is 17.1 Å². The molecule has 0 saturated heterocycles. The highest BCUT2D eigenvalue weighted by Gasteiger charge is 2.22. The molecule has 0 aliphatic carbocycles. The number of benzene rings is 2. The largest absolute Gasteiger partial charge is 0.494 e. The molecule has 0 atom stereocenters. The predicted octanol–water partition coefficient (Wildman–Crippen LogP) is 3.19. The van der Waals surface area contributed by atoms with Crippen LogP contribution in [0.1, 0.15) is 23.6 Å². The number of H-pyrrole nitrogens is 1. The number of para-hydroxylation sites is 1. The van der Waals surface area contributed by atoms with E-state index in [4.69, 9.17) is 0 Å². The van der Waals surface area contributed by atoms with Gasteiger partial charge in [-0.3, -0.25) is 14.8 Å². The fraction of sp³-hybridized carbons (Fsp3) is 0.0952. The summed E-state index contributed by atoms with van der Waals surface area (Å²) in [6.07, 6.45) is 1.67. The summed E-state index contributed by atoms with van der Waals surface area (Å²) >= 11 is 0. The number of rotatable bonds is 2. The summed E-state index contributed by atoms with van der Waals surface area (Å²) in [6.45, 7) is 3.66. The Hall–Kier alpha value is -3.67. The monoisotopic (exact) mass is 359 g/mol. The Kier molecular flexibility index (Phi) is 3.88. The van der Waals surface area contributed by atoms with E-state index in [2.05, 4.69) is 9.98 Å².